The Morgan fingerprint density at radius 1 is 1.19 bits per heavy atom. The fourth-order valence-corrected chi connectivity index (χ4v) is 3.17. The van der Waals surface area contributed by atoms with E-state index in [2.05, 4.69) is 39.4 Å². The quantitative estimate of drug-likeness (QED) is 0.513. The van der Waals surface area contributed by atoms with Crippen molar-refractivity contribution in [3.05, 3.63) is 57.9 Å². The molecule has 6 nitrogen and oxygen atoms in total. The lowest BCUT2D eigenvalue weighted by atomic mass is 10.1. The van der Waals surface area contributed by atoms with Gasteiger partial charge in [-0.15, -0.1) is 11.3 Å². The molecule has 0 saturated carbocycles. The Morgan fingerprint density at radius 3 is 2.65 bits per heavy atom. The second-order valence-corrected chi connectivity index (χ2v) is 7.06. The van der Waals surface area contributed by atoms with Crippen molar-refractivity contribution in [3.63, 3.8) is 0 Å². The van der Waals surface area contributed by atoms with Gasteiger partial charge in [0, 0.05) is 23.7 Å². The highest BCUT2D eigenvalue weighted by Gasteiger charge is 2.08. The molecule has 7 heteroatoms. The zero-order valence-electron chi connectivity index (χ0n) is 15.2. The van der Waals surface area contributed by atoms with Gasteiger partial charge in [0.2, 0.25) is 5.89 Å². The molecule has 1 aromatic carbocycles. The average Bonchev–Trinajstić information content (AvgIpc) is 3.32. The number of benzene rings is 1. The van der Waals surface area contributed by atoms with Gasteiger partial charge in [0.05, 0.1) is 18.8 Å². The van der Waals surface area contributed by atoms with E-state index in [-0.39, 0.29) is 0 Å². The zero-order valence-corrected chi connectivity index (χ0v) is 16.1. The number of aliphatic imine (C=N–C) groups is 1. The molecule has 0 aliphatic rings. The number of aryl methyl sites for hydroxylation is 2. The number of oxazole rings is 1. The topological polar surface area (TPSA) is 75.3 Å². The number of nitrogens with zero attached hydrogens (tertiary/aromatic N) is 3. The molecule has 136 valence electrons. The van der Waals surface area contributed by atoms with Crippen LogP contribution in [0.15, 0.2) is 46.1 Å². The lowest BCUT2D eigenvalue weighted by molar-refractivity contribution is 0.572. The molecule has 0 unspecified atom stereocenters. The van der Waals surface area contributed by atoms with Crippen LogP contribution in [0.3, 0.4) is 0 Å². The van der Waals surface area contributed by atoms with E-state index in [4.69, 9.17) is 4.42 Å². The summed E-state index contributed by atoms with van der Waals surface area (Å²) in [7, 11) is 1.75. The number of thiazole rings is 1. The third-order valence-corrected chi connectivity index (χ3v) is 5.01. The average molecular weight is 369 g/mol. The molecule has 3 aromatic rings. The highest BCUT2D eigenvalue weighted by molar-refractivity contribution is 7.11. The first kappa shape index (κ1) is 18.1. The van der Waals surface area contributed by atoms with Crippen LogP contribution >= 0.6 is 11.3 Å². The van der Waals surface area contributed by atoms with E-state index in [0.29, 0.717) is 24.9 Å². The summed E-state index contributed by atoms with van der Waals surface area (Å²) in [5, 5.41) is 7.56. The normalized spacial score (nSPS) is 11.6. The van der Waals surface area contributed by atoms with Crippen LogP contribution in [-0.2, 0) is 19.5 Å². The lowest BCUT2D eigenvalue weighted by Gasteiger charge is -2.09. The molecule has 0 amide bonds. The molecule has 0 aliphatic heterocycles. The minimum atomic E-state index is 0.535. The van der Waals surface area contributed by atoms with E-state index in [1.165, 1.54) is 10.4 Å². The van der Waals surface area contributed by atoms with Crippen LogP contribution in [0.4, 0.5) is 0 Å². The van der Waals surface area contributed by atoms with Gasteiger partial charge in [0.1, 0.15) is 11.3 Å². The maximum atomic E-state index is 5.58. The van der Waals surface area contributed by atoms with Gasteiger partial charge in [-0.25, -0.2) is 9.97 Å². The summed E-state index contributed by atoms with van der Waals surface area (Å²) in [6, 6.07) is 8.12. The van der Waals surface area contributed by atoms with Crippen LogP contribution in [0, 0.1) is 6.92 Å². The zero-order chi connectivity index (χ0) is 18.4. The van der Waals surface area contributed by atoms with Gasteiger partial charge in [-0.05, 0) is 25.5 Å². The summed E-state index contributed by atoms with van der Waals surface area (Å²) in [6.45, 7) is 5.38. The van der Waals surface area contributed by atoms with Gasteiger partial charge in [-0.3, -0.25) is 4.99 Å². The van der Waals surface area contributed by atoms with Crippen LogP contribution in [-0.4, -0.2) is 23.0 Å². The van der Waals surface area contributed by atoms with Crippen molar-refractivity contribution in [2.75, 3.05) is 7.05 Å². The highest BCUT2D eigenvalue weighted by Crippen LogP contribution is 2.19. The predicted molar refractivity (Wildman–Crippen MR) is 105 cm³/mol. The number of nitrogens with one attached hydrogen (secondary N) is 2. The van der Waals surface area contributed by atoms with Crippen molar-refractivity contribution in [2.45, 2.75) is 33.4 Å². The Balaban J connectivity index is 1.53. The van der Waals surface area contributed by atoms with Crippen LogP contribution in [0.5, 0.6) is 0 Å². The van der Waals surface area contributed by atoms with Gasteiger partial charge in [0.15, 0.2) is 5.96 Å². The first-order chi connectivity index (χ1) is 12.7. The Hall–Kier alpha value is -2.67. The summed E-state index contributed by atoms with van der Waals surface area (Å²) in [5.74, 6) is 1.33. The Kier molecular flexibility index (Phi) is 6.01. The summed E-state index contributed by atoms with van der Waals surface area (Å²) in [6.07, 6.45) is 4.61. The maximum Gasteiger partial charge on any atom is 0.226 e. The first-order valence-electron chi connectivity index (χ1n) is 8.57. The van der Waals surface area contributed by atoms with Crippen molar-refractivity contribution >= 4 is 17.3 Å². The fourth-order valence-electron chi connectivity index (χ4n) is 2.36. The lowest BCUT2D eigenvalue weighted by Crippen LogP contribution is -2.36. The molecule has 2 heterocycles. The number of hydrogen-bond donors (Lipinski definition) is 2. The predicted octanol–water partition coefficient (Wildman–Crippen LogP) is 3.53. The first-order valence-corrected chi connectivity index (χ1v) is 9.39. The third-order valence-electron chi connectivity index (χ3n) is 3.87. The minimum Gasteiger partial charge on any atom is -0.444 e. The van der Waals surface area contributed by atoms with E-state index >= 15 is 0 Å². The standard InChI is InChI=1S/C19H23N5OS/c1-4-16-10-21-17(26-16)11-23-19(20-3)22-9-15-12-25-18(24-15)14-7-5-13(2)6-8-14/h5-8,10,12H,4,9,11H2,1-3H3,(H2,20,22,23). The van der Waals surface area contributed by atoms with Crippen molar-refractivity contribution in [2.24, 2.45) is 4.99 Å². The maximum absolute atomic E-state index is 5.58. The monoisotopic (exact) mass is 369 g/mol. The molecule has 2 N–H and O–H groups in total. The molecule has 0 saturated heterocycles. The van der Waals surface area contributed by atoms with Crippen molar-refractivity contribution in [1.29, 1.82) is 0 Å². The van der Waals surface area contributed by atoms with E-state index < -0.39 is 0 Å². The molecule has 0 aliphatic carbocycles. The van der Waals surface area contributed by atoms with Crippen molar-refractivity contribution in [3.8, 4) is 11.5 Å². The molecule has 0 fully saturated rings. The second kappa shape index (κ2) is 8.62. The van der Waals surface area contributed by atoms with Gasteiger partial charge in [-0.1, -0.05) is 24.6 Å². The molecule has 3 rings (SSSR count). The molecular weight excluding hydrogens is 346 g/mol. The van der Waals surface area contributed by atoms with Crippen LogP contribution in [0.2, 0.25) is 0 Å². The van der Waals surface area contributed by atoms with Gasteiger partial charge in [-0.2, -0.15) is 0 Å². The smallest absolute Gasteiger partial charge is 0.226 e. The second-order valence-electron chi connectivity index (χ2n) is 5.86. The third kappa shape index (κ3) is 4.70. The summed E-state index contributed by atoms with van der Waals surface area (Å²) < 4.78 is 5.58. The van der Waals surface area contributed by atoms with E-state index in [0.717, 1.165) is 22.7 Å². The molecule has 0 radical (unpaired) electrons. The SMILES string of the molecule is CCc1cnc(CNC(=NC)NCc2coc(-c3ccc(C)cc3)n2)s1. The molecule has 0 atom stereocenters. The minimum absolute atomic E-state index is 0.535. The van der Waals surface area contributed by atoms with E-state index in [1.54, 1.807) is 24.6 Å². The number of aromatic nitrogens is 2. The summed E-state index contributed by atoms with van der Waals surface area (Å²) >= 11 is 1.72. The van der Waals surface area contributed by atoms with Gasteiger partial charge >= 0.3 is 0 Å². The van der Waals surface area contributed by atoms with Crippen LogP contribution in [0.1, 0.15) is 28.1 Å². The molecular formula is C19H23N5OS. The molecule has 26 heavy (non-hydrogen) atoms. The van der Waals surface area contributed by atoms with Crippen molar-refractivity contribution < 1.29 is 4.42 Å². The fraction of sp³-hybridized carbons (Fsp3) is 0.316. The number of guanidine groups is 1. The Morgan fingerprint density at radius 2 is 1.96 bits per heavy atom. The summed E-state index contributed by atoms with van der Waals surface area (Å²) in [4.78, 5) is 14.4. The van der Waals surface area contributed by atoms with Crippen LogP contribution in [0.25, 0.3) is 11.5 Å². The summed E-state index contributed by atoms with van der Waals surface area (Å²) in [5.41, 5.74) is 3.01. The van der Waals surface area contributed by atoms with Gasteiger partial charge < -0.3 is 15.1 Å². The Labute approximate surface area is 157 Å². The molecule has 0 bridgehead atoms. The van der Waals surface area contributed by atoms with Crippen LogP contribution < -0.4 is 10.6 Å². The molecule has 2 aromatic heterocycles. The largest absolute Gasteiger partial charge is 0.444 e. The van der Waals surface area contributed by atoms with Gasteiger partial charge in [0.25, 0.3) is 0 Å². The Bertz CT molecular complexity index is 866. The number of hydrogen-bond acceptors (Lipinski definition) is 5. The van der Waals surface area contributed by atoms with Crippen molar-refractivity contribution in [1.82, 2.24) is 20.6 Å². The molecule has 0 spiro atoms. The van der Waals surface area contributed by atoms with E-state index in [1.807, 2.05) is 30.5 Å². The number of rotatable bonds is 6. The van der Waals surface area contributed by atoms with E-state index in [9.17, 15) is 0 Å². The highest BCUT2D eigenvalue weighted by atomic mass is 32.1.